The molecule has 126 valence electrons. The third kappa shape index (κ3) is 3.95. The summed E-state index contributed by atoms with van der Waals surface area (Å²) >= 11 is 0. The van der Waals surface area contributed by atoms with Gasteiger partial charge in [-0.1, -0.05) is 26.0 Å². The monoisotopic (exact) mass is 341 g/mol. The average molecular weight is 341 g/mol. The summed E-state index contributed by atoms with van der Waals surface area (Å²) < 4.78 is 41.7. The number of nitrogens with zero attached hydrogens (tertiary/aromatic N) is 2. The number of aliphatic hydroxyl groups is 1. The van der Waals surface area contributed by atoms with E-state index in [1.165, 1.54) is 24.4 Å². The predicted molar refractivity (Wildman–Crippen MR) is 84.2 cm³/mol. The Morgan fingerprint density at radius 2 is 2.04 bits per heavy atom. The molecule has 2 N–H and O–H groups in total. The molecule has 0 saturated carbocycles. The van der Waals surface area contributed by atoms with Gasteiger partial charge in [0.05, 0.1) is 18.0 Å². The van der Waals surface area contributed by atoms with Crippen LogP contribution in [0.4, 0.5) is 4.39 Å². The van der Waals surface area contributed by atoms with Crippen LogP contribution in [0.5, 0.6) is 0 Å². The topological polar surface area (TPSA) is 84.2 Å². The number of halogens is 1. The predicted octanol–water partition coefficient (Wildman–Crippen LogP) is 1.70. The van der Waals surface area contributed by atoms with E-state index in [0.29, 0.717) is 0 Å². The van der Waals surface area contributed by atoms with Crippen molar-refractivity contribution < 1.29 is 17.9 Å². The Bertz CT molecular complexity index is 785. The molecule has 1 heterocycles. The number of aromatic nitrogens is 2. The second kappa shape index (κ2) is 6.38. The third-order valence-electron chi connectivity index (χ3n) is 3.83. The summed E-state index contributed by atoms with van der Waals surface area (Å²) in [7, 11) is -3.84. The van der Waals surface area contributed by atoms with Crippen molar-refractivity contribution in [2.75, 3.05) is 6.54 Å². The van der Waals surface area contributed by atoms with Gasteiger partial charge in [0.1, 0.15) is 16.4 Å². The smallest absolute Gasteiger partial charge is 0.243 e. The normalized spacial score (nSPS) is 14.9. The largest absolute Gasteiger partial charge is 0.389 e. The van der Waals surface area contributed by atoms with E-state index in [-0.39, 0.29) is 23.0 Å². The van der Waals surface area contributed by atoms with E-state index < -0.39 is 21.4 Å². The molecule has 0 amide bonds. The number of hydrogen-bond acceptors (Lipinski definition) is 4. The molecule has 0 saturated heterocycles. The molecule has 2 aromatic rings. The zero-order chi connectivity index (χ0) is 17.3. The van der Waals surface area contributed by atoms with Crippen LogP contribution in [0.15, 0.2) is 41.6 Å². The van der Waals surface area contributed by atoms with Gasteiger partial charge in [-0.15, -0.1) is 0 Å². The summed E-state index contributed by atoms with van der Waals surface area (Å²) in [4.78, 5) is -0.0969. The molecule has 0 bridgehead atoms. The number of rotatable bonds is 6. The molecular weight excluding hydrogens is 321 g/mol. The fourth-order valence-electron chi connectivity index (χ4n) is 1.74. The minimum absolute atomic E-state index is 0.0969. The molecule has 0 fully saturated rings. The van der Waals surface area contributed by atoms with Gasteiger partial charge in [0.15, 0.2) is 0 Å². The summed E-state index contributed by atoms with van der Waals surface area (Å²) in [5.74, 6) is -0.624. The molecule has 0 aliphatic carbocycles. The maximum atomic E-state index is 13.7. The summed E-state index contributed by atoms with van der Waals surface area (Å²) in [6.07, 6.45) is 2.36. The maximum absolute atomic E-state index is 13.7. The minimum atomic E-state index is -3.84. The molecule has 1 atom stereocenters. The van der Waals surface area contributed by atoms with Gasteiger partial charge in [-0.2, -0.15) is 5.10 Å². The Balaban J connectivity index is 2.21. The fourth-order valence-corrected chi connectivity index (χ4v) is 2.82. The highest BCUT2D eigenvalue weighted by Crippen LogP contribution is 2.18. The van der Waals surface area contributed by atoms with Gasteiger partial charge in [-0.05, 0) is 25.0 Å². The molecular formula is C15H20FN3O3S. The summed E-state index contributed by atoms with van der Waals surface area (Å²) in [6.45, 7) is 5.02. The molecule has 0 aliphatic rings. The second-order valence-electron chi connectivity index (χ2n) is 5.91. The van der Waals surface area contributed by atoms with Crippen LogP contribution in [0, 0.1) is 11.7 Å². The van der Waals surface area contributed by atoms with E-state index >= 15 is 0 Å². The fraction of sp³-hybridized carbons (Fsp3) is 0.400. The Morgan fingerprint density at radius 3 is 2.65 bits per heavy atom. The van der Waals surface area contributed by atoms with Crippen molar-refractivity contribution in [1.29, 1.82) is 0 Å². The maximum Gasteiger partial charge on any atom is 0.243 e. The molecule has 23 heavy (non-hydrogen) atoms. The van der Waals surface area contributed by atoms with Gasteiger partial charge in [0.25, 0.3) is 0 Å². The molecule has 1 aromatic carbocycles. The van der Waals surface area contributed by atoms with Gasteiger partial charge < -0.3 is 5.11 Å². The van der Waals surface area contributed by atoms with Crippen LogP contribution >= 0.6 is 0 Å². The third-order valence-corrected chi connectivity index (χ3v) is 5.19. The van der Waals surface area contributed by atoms with Crippen molar-refractivity contribution in [3.63, 3.8) is 0 Å². The standard InChI is InChI=1S/C15H20FN3O3S/c1-11(2)15(3,20)10-18-23(21,22)12-8-17-19(9-12)14-7-5-4-6-13(14)16/h4-9,11,18,20H,10H2,1-3H3. The van der Waals surface area contributed by atoms with Crippen molar-refractivity contribution in [1.82, 2.24) is 14.5 Å². The van der Waals surface area contributed by atoms with Gasteiger partial charge in [-0.3, -0.25) is 0 Å². The van der Waals surface area contributed by atoms with Crippen LogP contribution in [-0.4, -0.2) is 35.5 Å². The molecule has 8 heteroatoms. The Labute approximate surface area is 135 Å². The Hall–Kier alpha value is -1.77. The van der Waals surface area contributed by atoms with E-state index in [9.17, 15) is 17.9 Å². The molecule has 0 radical (unpaired) electrons. The number of sulfonamides is 1. The molecule has 1 unspecified atom stereocenters. The van der Waals surface area contributed by atoms with E-state index in [0.717, 1.165) is 10.9 Å². The highest BCUT2D eigenvalue weighted by molar-refractivity contribution is 7.89. The SMILES string of the molecule is CC(C)C(C)(O)CNS(=O)(=O)c1cnn(-c2ccccc2F)c1. The van der Waals surface area contributed by atoms with Crippen LogP contribution in [0.2, 0.25) is 0 Å². The van der Waals surface area contributed by atoms with Gasteiger partial charge >= 0.3 is 0 Å². The Kier molecular flexibility index (Phi) is 4.88. The van der Waals surface area contributed by atoms with E-state index in [1.807, 2.05) is 0 Å². The quantitative estimate of drug-likeness (QED) is 0.837. The first-order chi connectivity index (χ1) is 10.6. The molecule has 6 nitrogen and oxygen atoms in total. The van der Waals surface area contributed by atoms with Crippen molar-refractivity contribution in [2.45, 2.75) is 31.3 Å². The van der Waals surface area contributed by atoms with Crippen molar-refractivity contribution in [2.24, 2.45) is 5.92 Å². The average Bonchev–Trinajstić information content (AvgIpc) is 2.96. The van der Waals surface area contributed by atoms with Crippen molar-refractivity contribution >= 4 is 10.0 Å². The van der Waals surface area contributed by atoms with Gasteiger partial charge in [0.2, 0.25) is 10.0 Å². The van der Waals surface area contributed by atoms with Crippen LogP contribution in [-0.2, 0) is 10.0 Å². The van der Waals surface area contributed by atoms with E-state index in [2.05, 4.69) is 9.82 Å². The van der Waals surface area contributed by atoms with Gasteiger partial charge in [0, 0.05) is 6.54 Å². The number of hydrogen-bond donors (Lipinski definition) is 2. The molecule has 0 spiro atoms. The first-order valence-corrected chi connectivity index (χ1v) is 8.63. The molecule has 0 aliphatic heterocycles. The zero-order valence-electron chi connectivity index (χ0n) is 13.2. The van der Waals surface area contributed by atoms with Crippen LogP contribution < -0.4 is 4.72 Å². The first-order valence-electron chi connectivity index (χ1n) is 7.15. The number of benzene rings is 1. The molecule has 2 rings (SSSR count). The number of para-hydroxylation sites is 1. The van der Waals surface area contributed by atoms with Crippen LogP contribution in [0.3, 0.4) is 0 Å². The lowest BCUT2D eigenvalue weighted by Crippen LogP contribution is -2.44. The van der Waals surface area contributed by atoms with E-state index in [4.69, 9.17) is 0 Å². The lowest BCUT2D eigenvalue weighted by atomic mass is 9.93. The highest BCUT2D eigenvalue weighted by Gasteiger charge is 2.28. The van der Waals surface area contributed by atoms with Gasteiger partial charge in [-0.25, -0.2) is 22.2 Å². The van der Waals surface area contributed by atoms with Crippen LogP contribution in [0.25, 0.3) is 5.69 Å². The van der Waals surface area contributed by atoms with Crippen molar-refractivity contribution in [3.8, 4) is 5.69 Å². The zero-order valence-corrected chi connectivity index (χ0v) is 14.0. The van der Waals surface area contributed by atoms with Crippen LogP contribution in [0.1, 0.15) is 20.8 Å². The lowest BCUT2D eigenvalue weighted by molar-refractivity contribution is 0.0190. The van der Waals surface area contributed by atoms with E-state index in [1.54, 1.807) is 26.8 Å². The Morgan fingerprint density at radius 1 is 1.39 bits per heavy atom. The summed E-state index contributed by atoms with van der Waals surface area (Å²) in [5, 5.41) is 14.0. The highest BCUT2D eigenvalue weighted by atomic mass is 32.2. The summed E-state index contributed by atoms with van der Waals surface area (Å²) in [5.41, 5.74) is -1.02. The minimum Gasteiger partial charge on any atom is -0.389 e. The molecule has 1 aromatic heterocycles. The first kappa shape index (κ1) is 17.6. The van der Waals surface area contributed by atoms with Crippen molar-refractivity contribution in [3.05, 3.63) is 42.5 Å². The lowest BCUT2D eigenvalue weighted by Gasteiger charge is -2.27. The number of nitrogens with one attached hydrogen (secondary N) is 1. The second-order valence-corrected chi connectivity index (χ2v) is 7.68. The summed E-state index contributed by atoms with van der Waals surface area (Å²) in [6, 6.07) is 5.93.